The van der Waals surface area contributed by atoms with Crippen LogP contribution in [-0.2, 0) is 4.79 Å². The summed E-state index contributed by atoms with van der Waals surface area (Å²) in [6, 6.07) is 0. The largest absolute Gasteiger partial charge is 0.481 e. The van der Waals surface area contributed by atoms with Crippen LogP contribution in [0.5, 0.6) is 0 Å². The highest BCUT2D eigenvalue weighted by Crippen LogP contribution is 2.17. The molecule has 0 aromatic heterocycles. The Kier molecular flexibility index (Phi) is 0.353. The van der Waals surface area contributed by atoms with Crippen molar-refractivity contribution in [1.82, 2.24) is 0 Å². The van der Waals surface area contributed by atoms with Gasteiger partial charge in [0.2, 0.25) is 0 Å². The number of carbonyl (C=O) groups is 1. The van der Waals surface area contributed by atoms with Crippen molar-refractivity contribution in [2.45, 2.75) is 27.0 Å². The van der Waals surface area contributed by atoms with Crippen molar-refractivity contribution in [2.24, 2.45) is 5.41 Å². The quantitative estimate of drug-likeness (QED) is 0.576. The van der Waals surface area contributed by atoms with E-state index in [1.165, 1.54) is 0 Å². The number of carboxylic acid groups (broad SMARTS) is 1. The van der Waals surface area contributed by atoms with Crippen molar-refractivity contribution in [3.8, 4) is 0 Å². The third-order valence-electron chi connectivity index (χ3n) is 0.416. The van der Waals surface area contributed by atoms with Gasteiger partial charge in [0.1, 0.15) is 0 Å². The van der Waals surface area contributed by atoms with Gasteiger partial charge >= 0.3 is 5.97 Å². The fourth-order valence-corrected chi connectivity index (χ4v) is 0.227. The van der Waals surface area contributed by atoms with Gasteiger partial charge in [0.05, 0.1) is 6.42 Å². The van der Waals surface area contributed by atoms with Crippen LogP contribution >= 0.6 is 0 Å². The molecule has 0 amide bonds. The standard InChI is InChI=1S/C6H12O2/c1-6(2,3)4-5(7)8/h4H2,1-3H3,(H,7,8)/i1D3,2D3,3D3. The van der Waals surface area contributed by atoms with Crippen LogP contribution in [0.2, 0.25) is 0 Å². The SMILES string of the molecule is [2H]C([2H])([2H])C(CC(=O)O)(C([2H])([2H])[2H])C([2H])([2H])[2H]. The molecule has 0 saturated carbocycles. The third kappa shape index (κ3) is 5.47. The van der Waals surface area contributed by atoms with Gasteiger partial charge < -0.3 is 5.11 Å². The topological polar surface area (TPSA) is 37.3 Å². The Morgan fingerprint density at radius 3 is 2.38 bits per heavy atom. The van der Waals surface area contributed by atoms with Gasteiger partial charge in [-0.25, -0.2) is 0 Å². The van der Waals surface area contributed by atoms with Gasteiger partial charge in [0.15, 0.2) is 0 Å². The van der Waals surface area contributed by atoms with Crippen LogP contribution in [-0.4, -0.2) is 11.1 Å². The maximum Gasteiger partial charge on any atom is 0.303 e. The van der Waals surface area contributed by atoms with Crippen LogP contribution in [0.15, 0.2) is 0 Å². The molecule has 1 N–H and O–H groups in total. The number of rotatable bonds is 1. The Morgan fingerprint density at radius 2 is 2.25 bits per heavy atom. The zero-order chi connectivity index (χ0) is 14.3. The van der Waals surface area contributed by atoms with Crippen LogP contribution < -0.4 is 0 Å². The highest BCUT2D eigenvalue weighted by atomic mass is 16.4. The summed E-state index contributed by atoms with van der Waals surface area (Å²) in [5.41, 5.74) is -3.27. The van der Waals surface area contributed by atoms with Gasteiger partial charge in [0, 0.05) is 12.3 Å². The van der Waals surface area contributed by atoms with E-state index in [-0.39, 0.29) is 0 Å². The molecule has 0 unspecified atom stereocenters. The molecule has 0 spiro atoms. The second-order valence-electron chi connectivity index (χ2n) is 1.48. The molecule has 0 rings (SSSR count). The van der Waals surface area contributed by atoms with Crippen molar-refractivity contribution in [3.63, 3.8) is 0 Å². The highest BCUT2D eigenvalue weighted by molar-refractivity contribution is 5.67. The first-order chi connectivity index (χ1) is 7.17. The smallest absolute Gasteiger partial charge is 0.303 e. The monoisotopic (exact) mass is 125 g/mol. The van der Waals surface area contributed by atoms with Gasteiger partial charge in [-0.2, -0.15) is 0 Å². The number of hydrogen-bond acceptors (Lipinski definition) is 1. The van der Waals surface area contributed by atoms with Crippen molar-refractivity contribution in [1.29, 1.82) is 0 Å². The Labute approximate surface area is 62.2 Å². The second-order valence-corrected chi connectivity index (χ2v) is 1.48. The van der Waals surface area contributed by atoms with Crippen LogP contribution in [0.1, 0.15) is 39.3 Å². The van der Waals surface area contributed by atoms with E-state index in [1.54, 1.807) is 0 Å². The summed E-state index contributed by atoms with van der Waals surface area (Å²) in [4.78, 5) is 10.6. The lowest BCUT2D eigenvalue weighted by molar-refractivity contribution is -0.139. The molecular weight excluding hydrogens is 104 g/mol. The van der Waals surface area contributed by atoms with Crippen LogP contribution in [0, 0.1) is 5.41 Å². The first-order valence-corrected chi connectivity index (χ1v) is 1.88. The Hall–Kier alpha value is -0.530. The van der Waals surface area contributed by atoms with Gasteiger partial charge in [-0.05, 0) is 5.41 Å². The summed E-state index contributed by atoms with van der Waals surface area (Å²) in [5, 5.41) is 8.59. The van der Waals surface area contributed by atoms with E-state index in [4.69, 9.17) is 17.4 Å². The molecule has 0 saturated heterocycles. The van der Waals surface area contributed by atoms with Gasteiger partial charge in [-0.1, -0.05) is 20.6 Å². The first-order valence-electron chi connectivity index (χ1n) is 6.38. The molecule has 0 atom stereocenters. The van der Waals surface area contributed by atoms with Crippen LogP contribution in [0.25, 0.3) is 0 Å². The van der Waals surface area contributed by atoms with Crippen molar-refractivity contribution >= 4 is 5.97 Å². The average Bonchev–Trinajstić information content (AvgIpc) is 1.91. The summed E-state index contributed by atoms with van der Waals surface area (Å²) < 4.78 is 63.8. The molecule has 0 fully saturated rings. The Morgan fingerprint density at radius 1 is 1.75 bits per heavy atom. The fraction of sp³-hybridized carbons (Fsp3) is 0.833. The normalized spacial score (nSPS) is 32.8. The van der Waals surface area contributed by atoms with E-state index in [1.807, 2.05) is 0 Å². The molecule has 0 aromatic rings. The molecule has 2 heteroatoms. The predicted octanol–water partition coefficient (Wildman–Crippen LogP) is 1.51. The Bertz CT molecular complexity index is 260. The zero-order valence-electron chi connectivity index (χ0n) is 13.1. The zero-order valence-corrected chi connectivity index (χ0v) is 4.06. The van der Waals surface area contributed by atoms with Crippen molar-refractivity contribution in [3.05, 3.63) is 0 Å². The molecule has 0 bridgehead atoms. The molecule has 0 heterocycles. The maximum atomic E-state index is 10.6. The maximum absolute atomic E-state index is 10.6. The van der Waals surface area contributed by atoms with E-state index >= 15 is 0 Å². The molecule has 0 aliphatic rings. The van der Waals surface area contributed by atoms with Gasteiger partial charge in [-0.3, -0.25) is 4.79 Å². The average molecular weight is 125 g/mol. The van der Waals surface area contributed by atoms with E-state index in [9.17, 15) is 4.79 Å². The van der Waals surface area contributed by atoms with Gasteiger partial charge in [0.25, 0.3) is 0 Å². The number of hydrogen-bond donors (Lipinski definition) is 1. The van der Waals surface area contributed by atoms with Gasteiger partial charge in [-0.15, -0.1) is 0 Å². The second kappa shape index (κ2) is 2.16. The minimum Gasteiger partial charge on any atom is -0.481 e. The van der Waals surface area contributed by atoms with E-state index in [2.05, 4.69) is 0 Å². The van der Waals surface area contributed by atoms with Crippen LogP contribution in [0.3, 0.4) is 0 Å². The van der Waals surface area contributed by atoms with Crippen LogP contribution in [0.4, 0.5) is 0 Å². The molecule has 0 aliphatic carbocycles. The van der Waals surface area contributed by atoms with Crippen molar-refractivity contribution < 1.29 is 22.2 Å². The van der Waals surface area contributed by atoms with E-state index in [0.717, 1.165) is 0 Å². The molecular formula is C6H12O2. The third-order valence-corrected chi connectivity index (χ3v) is 0.416. The molecule has 0 aromatic carbocycles. The summed E-state index contributed by atoms with van der Waals surface area (Å²) in [7, 11) is 0. The molecule has 2 nitrogen and oxygen atoms in total. The Balaban J connectivity index is 6.02. The minimum absolute atomic E-state index is 1.48. The lowest BCUT2D eigenvalue weighted by Gasteiger charge is -2.13. The van der Waals surface area contributed by atoms with Crippen molar-refractivity contribution in [2.75, 3.05) is 0 Å². The fourth-order valence-electron chi connectivity index (χ4n) is 0.227. The molecule has 8 heavy (non-hydrogen) atoms. The summed E-state index contributed by atoms with van der Waals surface area (Å²) in [5.74, 6) is -1.78. The summed E-state index contributed by atoms with van der Waals surface area (Å²) >= 11 is 0. The lowest BCUT2D eigenvalue weighted by Crippen LogP contribution is -2.11. The first kappa shape index (κ1) is 1.31. The summed E-state index contributed by atoms with van der Waals surface area (Å²) in [6.07, 6.45) is -1.48. The lowest BCUT2D eigenvalue weighted by atomic mass is 9.93. The number of carboxylic acids is 1. The molecule has 0 radical (unpaired) electrons. The minimum atomic E-state index is -3.44. The molecule has 48 valence electrons. The predicted molar refractivity (Wildman–Crippen MR) is 31.7 cm³/mol. The summed E-state index contributed by atoms with van der Waals surface area (Å²) in [6.45, 7) is -10.3. The molecule has 0 aliphatic heterocycles. The highest BCUT2D eigenvalue weighted by Gasteiger charge is 2.13. The van der Waals surface area contributed by atoms with E-state index in [0.29, 0.717) is 0 Å². The van der Waals surface area contributed by atoms with E-state index < -0.39 is 38.4 Å². The number of aliphatic carboxylic acids is 1.